The second-order valence-electron chi connectivity index (χ2n) is 4.53. The third-order valence-corrected chi connectivity index (χ3v) is 4.95. The van der Waals surface area contributed by atoms with Crippen LogP contribution in [0, 0.1) is 0 Å². The van der Waals surface area contributed by atoms with Gasteiger partial charge in [0.2, 0.25) is 10.0 Å². The molecule has 0 spiro atoms. The van der Waals surface area contributed by atoms with Crippen molar-refractivity contribution in [1.29, 1.82) is 0 Å². The Hall–Kier alpha value is -1.40. The minimum atomic E-state index is -3.73. The van der Waals surface area contributed by atoms with E-state index in [0.717, 1.165) is 16.3 Å². The van der Waals surface area contributed by atoms with Crippen molar-refractivity contribution in [2.45, 2.75) is 31.1 Å². The highest BCUT2D eigenvalue weighted by Crippen LogP contribution is 2.21. The number of nitrogens with zero attached hydrogens (tertiary/aromatic N) is 1. The monoisotopic (exact) mass is 285 g/mol. The third kappa shape index (κ3) is 3.78. The van der Waals surface area contributed by atoms with Gasteiger partial charge in [-0.05, 0) is 30.0 Å². The Bertz CT molecular complexity index is 536. The van der Waals surface area contributed by atoms with Crippen molar-refractivity contribution in [2.75, 3.05) is 13.6 Å². The number of likely N-dealkylation sites (N-methyl/N-ethyl adjacent to an activating group) is 1. The summed E-state index contributed by atoms with van der Waals surface area (Å²) in [6, 6.07) is 6.59. The van der Waals surface area contributed by atoms with E-state index in [4.69, 9.17) is 5.11 Å². The summed E-state index contributed by atoms with van der Waals surface area (Å²) in [5.41, 5.74) is 1.07. The Labute approximate surface area is 113 Å². The third-order valence-electron chi connectivity index (χ3n) is 3.13. The molecule has 19 heavy (non-hydrogen) atoms. The van der Waals surface area contributed by atoms with Crippen LogP contribution >= 0.6 is 0 Å². The number of hydrogen-bond acceptors (Lipinski definition) is 3. The van der Waals surface area contributed by atoms with Gasteiger partial charge < -0.3 is 5.11 Å². The van der Waals surface area contributed by atoms with Crippen molar-refractivity contribution in [3.05, 3.63) is 29.8 Å². The molecular formula is C13H19NO4S. The Morgan fingerprint density at radius 2 is 1.84 bits per heavy atom. The molecule has 1 unspecified atom stereocenters. The number of carboxylic acids is 1. The van der Waals surface area contributed by atoms with E-state index in [1.807, 2.05) is 0 Å². The molecule has 1 rings (SSSR count). The molecule has 0 saturated carbocycles. The van der Waals surface area contributed by atoms with Crippen LogP contribution in [-0.4, -0.2) is 37.4 Å². The number of hydrogen-bond donors (Lipinski definition) is 1. The second-order valence-corrected chi connectivity index (χ2v) is 6.58. The lowest BCUT2D eigenvalue weighted by Crippen LogP contribution is -2.32. The Kier molecular flexibility index (Phi) is 5.08. The molecule has 0 aromatic heterocycles. The molecule has 0 aliphatic rings. The SMILES string of the molecule is CCC(C)c1ccc(S(=O)(=O)N(C)CC(=O)O)cc1. The van der Waals surface area contributed by atoms with Crippen LogP contribution in [0.2, 0.25) is 0 Å². The van der Waals surface area contributed by atoms with E-state index in [1.54, 1.807) is 12.1 Å². The highest BCUT2D eigenvalue weighted by molar-refractivity contribution is 7.89. The molecule has 1 atom stereocenters. The maximum atomic E-state index is 12.1. The summed E-state index contributed by atoms with van der Waals surface area (Å²) in [4.78, 5) is 10.7. The minimum absolute atomic E-state index is 0.114. The lowest BCUT2D eigenvalue weighted by atomic mass is 9.99. The smallest absolute Gasteiger partial charge is 0.318 e. The summed E-state index contributed by atoms with van der Waals surface area (Å²) >= 11 is 0. The first-order valence-corrected chi connectivity index (χ1v) is 7.51. The van der Waals surface area contributed by atoms with E-state index in [0.29, 0.717) is 5.92 Å². The highest BCUT2D eigenvalue weighted by atomic mass is 32.2. The standard InChI is InChI=1S/C13H19NO4S/c1-4-10(2)11-5-7-12(8-6-11)19(17,18)14(3)9-13(15)16/h5-8,10H,4,9H2,1-3H3,(H,15,16). The first-order valence-electron chi connectivity index (χ1n) is 6.07. The maximum Gasteiger partial charge on any atom is 0.318 e. The second kappa shape index (κ2) is 6.16. The zero-order valence-corrected chi connectivity index (χ0v) is 12.1. The van der Waals surface area contributed by atoms with Gasteiger partial charge in [-0.3, -0.25) is 4.79 Å². The van der Waals surface area contributed by atoms with Crippen molar-refractivity contribution < 1.29 is 18.3 Å². The van der Waals surface area contributed by atoms with Crippen molar-refractivity contribution >= 4 is 16.0 Å². The van der Waals surface area contributed by atoms with Gasteiger partial charge in [-0.15, -0.1) is 0 Å². The number of benzene rings is 1. The normalized spacial score (nSPS) is 13.5. The van der Waals surface area contributed by atoms with Crippen LogP contribution in [0.25, 0.3) is 0 Å². The maximum absolute atomic E-state index is 12.1. The lowest BCUT2D eigenvalue weighted by molar-refractivity contribution is -0.137. The van der Waals surface area contributed by atoms with Crippen molar-refractivity contribution in [3.63, 3.8) is 0 Å². The molecule has 0 bridgehead atoms. The van der Waals surface area contributed by atoms with Crippen molar-refractivity contribution in [2.24, 2.45) is 0 Å². The van der Waals surface area contributed by atoms with E-state index in [-0.39, 0.29) is 4.90 Å². The van der Waals surface area contributed by atoms with Crippen LogP contribution < -0.4 is 0 Å². The van der Waals surface area contributed by atoms with Gasteiger partial charge in [-0.1, -0.05) is 26.0 Å². The van der Waals surface area contributed by atoms with Crippen LogP contribution in [0.1, 0.15) is 31.7 Å². The van der Waals surface area contributed by atoms with E-state index in [2.05, 4.69) is 13.8 Å². The molecule has 0 heterocycles. The Morgan fingerprint density at radius 3 is 2.26 bits per heavy atom. The fourth-order valence-electron chi connectivity index (χ4n) is 1.66. The highest BCUT2D eigenvalue weighted by Gasteiger charge is 2.22. The Balaban J connectivity index is 3.00. The van der Waals surface area contributed by atoms with Gasteiger partial charge in [0.1, 0.15) is 6.54 Å². The molecule has 0 saturated heterocycles. The molecule has 0 amide bonds. The van der Waals surface area contributed by atoms with Crippen LogP contribution in [0.5, 0.6) is 0 Å². The molecule has 1 aromatic rings. The predicted molar refractivity (Wildman–Crippen MR) is 72.6 cm³/mol. The largest absolute Gasteiger partial charge is 0.480 e. The van der Waals surface area contributed by atoms with E-state index in [1.165, 1.54) is 19.2 Å². The van der Waals surface area contributed by atoms with Crippen molar-refractivity contribution in [3.8, 4) is 0 Å². The molecule has 0 aliphatic carbocycles. The molecule has 0 radical (unpaired) electrons. The Morgan fingerprint density at radius 1 is 1.32 bits per heavy atom. The fraction of sp³-hybridized carbons (Fsp3) is 0.462. The predicted octanol–water partition coefficient (Wildman–Crippen LogP) is 1.91. The summed E-state index contributed by atoms with van der Waals surface area (Å²) in [5.74, 6) is -0.809. The van der Waals surface area contributed by atoms with Crippen molar-refractivity contribution in [1.82, 2.24) is 4.31 Å². The number of aliphatic carboxylic acids is 1. The molecule has 5 nitrogen and oxygen atoms in total. The van der Waals surface area contributed by atoms with Gasteiger partial charge in [0, 0.05) is 7.05 Å². The van der Waals surface area contributed by atoms with Crippen LogP contribution in [0.3, 0.4) is 0 Å². The van der Waals surface area contributed by atoms with E-state index >= 15 is 0 Å². The van der Waals surface area contributed by atoms with Gasteiger partial charge >= 0.3 is 5.97 Å². The topological polar surface area (TPSA) is 74.7 Å². The summed E-state index contributed by atoms with van der Waals surface area (Å²) in [5, 5.41) is 8.64. The molecule has 6 heteroatoms. The summed E-state index contributed by atoms with van der Waals surface area (Å²) in [6.45, 7) is 3.59. The molecular weight excluding hydrogens is 266 g/mol. The van der Waals surface area contributed by atoms with Gasteiger partial charge in [0.15, 0.2) is 0 Å². The average Bonchev–Trinajstić information content (AvgIpc) is 2.37. The number of rotatable bonds is 6. The van der Waals surface area contributed by atoms with Gasteiger partial charge in [-0.25, -0.2) is 8.42 Å². The number of carbonyl (C=O) groups is 1. The molecule has 106 valence electrons. The fourth-order valence-corrected chi connectivity index (χ4v) is 2.78. The van der Waals surface area contributed by atoms with Gasteiger partial charge in [0.25, 0.3) is 0 Å². The average molecular weight is 285 g/mol. The summed E-state index contributed by atoms with van der Waals surface area (Å²) in [6.07, 6.45) is 0.977. The zero-order chi connectivity index (χ0) is 14.6. The molecule has 0 aliphatic heterocycles. The van der Waals surface area contributed by atoms with Crippen LogP contribution in [0.4, 0.5) is 0 Å². The van der Waals surface area contributed by atoms with Gasteiger partial charge in [-0.2, -0.15) is 4.31 Å². The van der Waals surface area contributed by atoms with Crippen LogP contribution in [0.15, 0.2) is 29.2 Å². The van der Waals surface area contributed by atoms with E-state index < -0.39 is 22.5 Å². The molecule has 1 N–H and O–H groups in total. The summed E-state index contributed by atoms with van der Waals surface area (Å²) in [7, 11) is -2.47. The first kappa shape index (κ1) is 15.7. The number of sulfonamides is 1. The minimum Gasteiger partial charge on any atom is -0.480 e. The first-order chi connectivity index (χ1) is 8.78. The zero-order valence-electron chi connectivity index (χ0n) is 11.3. The van der Waals surface area contributed by atoms with Gasteiger partial charge in [0.05, 0.1) is 4.90 Å². The molecule has 1 aromatic carbocycles. The quantitative estimate of drug-likeness (QED) is 0.866. The lowest BCUT2D eigenvalue weighted by Gasteiger charge is -2.16. The van der Waals surface area contributed by atoms with E-state index in [9.17, 15) is 13.2 Å². The summed E-state index contributed by atoms with van der Waals surface area (Å²) < 4.78 is 25.0. The van der Waals surface area contributed by atoms with Crippen LogP contribution in [-0.2, 0) is 14.8 Å². The molecule has 0 fully saturated rings. The number of carboxylic acid groups (broad SMARTS) is 1.